The van der Waals surface area contributed by atoms with Crippen LogP contribution in [-0.4, -0.2) is 94.0 Å². The summed E-state index contributed by atoms with van der Waals surface area (Å²) in [4.78, 5) is 25.4. The van der Waals surface area contributed by atoms with E-state index in [1.807, 2.05) is 44.2 Å². The zero-order chi connectivity index (χ0) is 34.5. The first-order chi connectivity index (χ1) is 22.8. The molecule has 0 bridgehead atoms. The number of carbonyl (C=O) groups is 2. The maximum absolute atomic E-state index is 14.3. The molecule has 0 saturated carbocycles. The molecule has 2 aromatic carbocycles. The van der Waals surface area contributed by atoms with Crippen molar-refractivity contribution < 1.29 is 46.8 Å². The quantitative estimate of drug-likeness (QED) is 0.254. The first kappa shape index (κ1) is 35.9. The van der Waals surface area contributed by atoms with Crippen LogP contribution >= 0.6 is 0 Å². The average Bonchev–Trinajstić information content (AvgIpc) is 3.79. The summed E-state index contributed by atoms with van der Waals surface area (Å²) in [5.41, 5.74) is 0.221. The highest BCUT2D eigenvalue weighted by Crippen LogP contribution is 2.36. The number of hydrogen-bond acceptors (Lipinski definition) is 10. The molecule has 3 heterocycles. The van der Waals surface area contributed by atoms with Crippen molar-refractivity contribution in [2.45, 2.75) is 76.4 Å². The number of aliphatic hydroxyl groups excluding tert-OH is 1. The lowest BCUT2D eigenvalue weighted by atomic mass is 9.89. The molecule has 0 aliphatic carbocycles. The van der Waals surface area contributed by atoms with E-state index in [-0.39, 0.29) is 55.5 Å². The number of benzene rings is 2. The van der Waals surface area contributed by atoms with E-state index in [9.17, 15) is 23.1 Å². The van der Waals surface area contributed by atoms with Crippen molar-refractivity contribution in [3.05, 3.63) is 54.1 Å². The minimum atomic E-state index is -4.19. The summed E-state index contributed by atoms with van der Waals surface area (Å²) >= 11 is 0. The molecule has 5 rings (SSSR count). The Morgan fingerprint density at radius 2 is 1.83 bits per heavy atom. The highest BCUT2D eigenvalue weighted by molar-refractivity contribution is 7.89. The predicted molar refractivity (Wildman–Crippen MR) is 175 cm³/mol. The third kappa shape index (κ3) is 8.97. The van der Waals surface area contributed by atoms with Crippen LogP contribution in [0.3, 0.4) is 0 Å². The van der Waals surface area contributed by atoms with E-state index < -0.39 is 46.1 Å². The van der Waals surface area contributed by atoms with Crippen LogP contribution in [0.15, 0.2) is 53.4 Å². The second-order valence-corrected chi connectivity index (χ2v) is 15.6. The van der Waals surface area contributed by atoms with Gasteiger partial charge in [-0.3, -0.25) is 4.79 Å². The monoisotopic (exact) mass is 689 g/mol. The van der Waals surface area contributed by atoms with Gasteiger partial charge in [0.2, 0.25) is 22.7 Å². The molecule has 3 aliphatic rings. The third-order valence-electron chi connectivity index (χ3n) is 8.91. The number of carbonyl (C=O) groups excluding carboxylic acids is 2. The Morgan fingerprint density at radius 3 is 2.58 bits per heavy atom. The van der Waals surface area contributed by atoms with Crippen molar-refractivity contribution in [3.63, 3.8) is 0 Å². The Hall–Kier alpha value is -3.43. The van der Waals surface area contributed by atoms with E-state index in [2.05, 4.69) is 10.6 Å². The molecule has 13 nitrogen and oxygen atoms in total. The van der Waals surface area contributed by atoms with Gasteiger partial charge in [0.05, 0.1) is 36.2 Å². The second kappa shape index (κ2) is 15.4. The molecular weight excluding hydrogens is 642 g/mol. The zero-order valence-electron chi connectivity index (χ0n) is 27.9. The van der Waals surface area contributed by atoms with E-state index in [0.717, 1.165) is 5.56 Å². The summed E-state index contributed by atoms with van der Waals surface area (Å²) in [7, 11) is -4.19. The number of aliphatic hydroxyl groups is 1. The maximum atomic E-state index is 14.3. The van der Waals surface area contributed by atoms with Gasteiger partial charge in [-0.05, 0) is 42.4 Å². The van der Waals surface area contributed by atoms with Crippen LogP contribution in [-0.2, 0) is 35.4 Å². The molecule has 3 N–H and O–H groups in total. The number of fused-ring (bicyclic) bond motifs is 2. The molecule has 0 radical (unpaired) electrons. The average molecular weight is 690 g/mol. The topological polar surface area (TPSA) is 162 Å². The van der Waals surface area contributed by atoms with Crippen LogP contribution in [0.5, 0.6) is 11.5 Å². The Morgan fingerprint density at radius 1 is 1.08 bits per heavy atom. The van der Waals surface area contributed by atoms with Gasteiger partial charge in [-0.2, -0.15) is 4.31 Å². The van der Waals surface area contributed by atoms with Gasteiger partial charge in [-0.25, -0.2) is 13.2 Å². The van der Waals surface area contributed by atoms with Gasteiger partial charge in [0, 0.05) is 31.6 Å². The lowest BCUT2D eigenvalue weighted by molar-refractivity contribution is -0.124. The smallest absolute Gasteiger partial charge is 0.407 e. The van der Waals surface area contributed by atoms with E-state index >= 15 is 0 Å². The van der Waals surface area contributed by atoms with E-state index in [4.69, 9.17) is 23.7 Å². The molecule has 2 aromatic rings. The molecule has 5 atom stereocenters. The highest BCUT2D eigenvalue weighted by Gasteiger charge is 2.44. The molecule has 48 heavy (non-hydrogen) atoms. The largest absolute Gasteiger partial charge is 0.454 e. The number of nitrogens with zero attached hydrogens (tertiary/aromatic N) is 1. The van der Waals surface area contributed by atoms with Crippen molar-refractivity contribution in [1.29, 1.82) is 0 Å². The number of rotatable bonds is 15. The maximum Gasteiger partial charge on any atom is 0.407 e. The first-order valence-corrected chi connectivity index (χ1v) is 17.9. The van der Waals surface area contributed by atoms with Crippen molar-refractivity contribution >= 4 is 22.0 Å². The van der Waals surface area contributed by atoms with Crippen LogP contribution in [0.4, 0.5) is 4.79 Å². The SMILES string of the molecule is CC(C)C(=O)NCCC(C)(C)CN(C[C@@H](O)[C@H](Cc1ccccc1)NC(=O)O[C@H]1CO[C@H]2OCC[C@H]21)S(=O)(=O)c1ccc2c(c1)OCO2. The number of ether oxygens (including phenoxy) is 5. The van der Waals surface area contributed by atoms with Crippen LogP contribution in [0, 0.1) is 17.3 Å². The van der Waals surface area contributed by atoms with Crippen molar-refractivity contribution in [3.8, 4) is 11.5 Å². The Balaban J connectivity index is 1.36. The van der Waals surface area contributed by atoms with E-state index in [1.54, 1.807) is 19.9 Å². The lowest BCUT2D eigenvalue weighted by Gasteiger charge is -2.35. The Kier molecular flexibility index (Phi) is 11.5. The minimum Gasteiger partial charge on any atom is -0.454 e. The van der Waals surface area contributed by atoms with Crippen molar-refractivity contribution in [2.24, 2.45) is 17.3 Å². The number of alkyl carbamates (subject to hydrolysis) is 1. The molecule has 2 saturated heterocycles. The number of amides is 2. The summed E-state index contributed by atoms with van der Waals surface area (Å²) in [6.07, 6.45) is -1.55. The third-order valence-corrected chi connectivity index (χ3v) is 10.7. The number of hydrogen-bond donors (Lipinski definition) is 3. The molecule has 0 unspecified atom stereocenters. The summed E-state index contributed by atoms with van der Waals surface area (Å²) in [5, 5.41) is 17.5. The zero-order valence-corrected chi connectivity index (χ0v) is 28.7. The minimum absolute atomic E-state index is 0.0132. The molecule has 3 aliphatic heterocycles. The fraction of sp³-hybridized carbons (Fsp3) is 0.588. The number of sulfonamides is 1. The summed E-state index contributed by atoms with van der Waals surface area (Å²) in [5.74, 6) is 0.414. The van der Waals surface area contributed by atoms with Crippen LogP contribution < -0.4 is 20.1 Å². The van der Waals surface area contributed by atoms with Gasteiger partial charge < -0.3 is 39.4 Å². The van der Waals surface area contributed by atoms with Gasteiger partial charge in [0.25, 0.3) is 0 Å². The van der Waals surface area contributed by atoms with Crippen LogP contribution in [0.25, 0.3) is 0 Å². The van der Waals surface area contributed by atoms with Crippen LogP contribution in [0.1, 0.15) is 46.1 Å². The molecule has 2 fully saturated rings. The molecular formula is C34H47N3O10S. The van der Waals surface area contributed by atoms with Gasteiger partial charge in [-0.1, -0.05) is 58.0 Å². The molecule has 2 amide bonds. The fourth-order valence-electron chi connectivity index (χ4n) is 6.08. The standard InChI is InChI=1S/C34H47N3O10S/c1-22(2)31(39)35-14-13-34(3,4)20-37(48(41,42)24-10-11-28-29(17-24)46-21-45-28)18-27(38)26(16-23-8-6-5-7-9-23)36-33(40)47-30-19-44-32-25(30)12-15-43-32/h5-11,17,22,25-27,30,32,38H,12-16,18-21H2,1-4H3,(H,35,39)(H,36,40)/t25-,26-,27+,30-,32+/m0/s1. The van der Waals surface area contributed by atoms with Crippen molar-refractivity contribution in [1.82, 2.24) is 14.9 Å². The number of nitrogens with one attached hydrogen (secondary N) is 2. The second-order valence-electron chi connectivity index (χ2n) is 13.6. The summed E-state index contributed by atoms with van der Waals surface area (Å²) in [6.45, 7) is 8.19. The molecule has 0 spiro atoms. The fourth-order valence-corrected chi connectivity index (χ4v) is 7.74. The van der Waals surface area contributed by atoms with Crippen molar-refractivity contribution in [2.75, 3.05) is 39.6 Å². The van der Waals surface area contributed by atoms with Gasteiger partial charge in [0.15, 0.2) is 17.8 Å². The Labute approximate surface area is 282 Å². The van der Waals surface area contributed by atoms with E-state index in [0.29, 0.717) is 37.5 Å². The molecule has 264 valence electrons. The molecule has 14 heteroatoms. The normalized spacial score (nSPS) is 21.6. The predicted octanol–water partition coefficient (Wildman–Crippen LogP) is 3.05. The highest BCUT2D eigenvalue weighted by atomic mass is 32.2. The Bertz CT molecular complexity index is 1520. The van der Waals surface area contributed by atoms with Gasteiger partial charge in [-0.15, -0.1) is 0 Å². The van der Waals surface area contributed by atoms with Gasteiger partial charge in [0.1, 0.15) is 6.10 Å². The summed E-state index contributed by atoms with van der Waals surface area (Å²) in [6, 6.07) is 12.8. The first-order valence-electron chi connectivity index (χ1n) is 16.4. The molecule has 0 aromatic heterocycles. The van der Waals surface area contributed by atoms with Crippen LogP contribution in [0.2, 0.25) is 0 Å². The summed E-state index contributed by atoms with van der Waals surface area (Å²) < 4.78 is 57.5. The lowest BCUT2D eigenvalue weighted by Crippen LogP contribution is -2.52. The van der Waals surface area contributed by atoms with E-state index in [1.165, 1.54) is 16.4 Å². The van der Waals surface area contributed by atoms with Gasteiger partial charge >= 0.3 is 6.09 Å².